The van der Waals surface area contributed by atoms with Crippen LogP contribution in [0.4, 0.5) is 5.82 Å². The van der Waals surface area contributed by atoms with Crippen LogP contribution in [0.2, 0.25) is 0 Å². The van der Waals surface area contributed by atoms with E-state index in [0.29, 0.717) is 17.7 Å². The Morgan fingerprint density at radius 1 is 1.35 bits per heavy atom. The summed E-state index contributed by atoms with van der Waals surface area (Å²) in [5.74, 6) is 3.95. The predicted octanol–water partition coefficient (Wildman–Crippen LogP) is 2.42. The number of hydrogen-bond donors (Lipinski definition) is 1. The lowest BCUT2D eigenvalue weighted by Crippen LogP contribution is -2.31. The minimum atomic E-state index is 0.307. The van der Waals surface area contributed by atoms with Gasteiger partial charge >= 0.3 is 0 Å². The summed E-state index contributed by atoms with van der Waals surface area (Å²) in [7, 11) is 0. The molecule has 88 valence electrons. The third kappa shape index (κ3) is 2.10. The molecule has 5 heteroatoms. The Hall–Kier alpha value is -1.62. The highest BCUT2D eigenvalue weighted by Gasteiger charge is 2.21. The molecule has 0 unspecified atom stereocenters. The first-order valence-electron chi connectivity index (χ1n) is 5.39. The second kappa shape index (κ2) is 4.33. The van der Waals surface area contributed by atoms with Gasteiger partial charge in [-0.15, -0.1) is 0 Å². The van der Waals surface area contributed by atoms with Crippen molar-refractivity contribution < 1.29 is 9.26 Å². The van der Waals surface area contributed by atoms with Crippen LogP contribution in [-0.2, 0) is 0 Å². The number of thioether (sulfide) groups is 1. The molecule has 3 rings (SSSR count). The van der Waals surface area contributed by atoms with E-state index in [4.69, 9.17) is 15.0 Å². The largest absolute Gasteiger partial charge is 0.488 e. The molecule has 0 saturated carbocycles. The molecule has 0 amide bonds. The third-order valence-corrected chi connectivity index (χ3v) is 3.80. The van der Waals surface area contributed by atoms with E-state index in [1.165, 1.54) is 0 Å². The maximum absolute atomic E-state index is 5.90. The van der Waals surface area contributed by atoms with Gasteiger partial charge in [-0.2, -0.15) is 11.8 Å². The number of nitrogens with two attached hydrogens (primary N) is 1. The van der Waals surface area contributed by atoms with Crippen LogP contribution in [0.25, 0.3) is 11.3 Å². The van der Waals surface area contributed by atoms with Crippen LogP contribution in [0, 0.1) is 0 Å². The van der Waals surface area contributed by atoms with E-state index in [9.17, 15) is 0 Å². The number of para-hydroxylation sites is 1. The van der Waals surface area contributed by atoms with Crippen molar-refractivity contribution in [2.24, 2.45) is 0 Å². The minimum Gasteiger partial charge on any atom is -0.488 e. The first kappa shape index (κ1) is 10.5. The molecule has 0 radical (unpaired) electrons. The zero-order chi connectivity index (χ0) is 11.7. The minimum absolute atomic E-state index is 0.307. The zero-order valence-corrected chi connectivity index (χ0v) is 9.94. The average Bonchev–Trinajstić information content (AvgIpc) is 2.71. The maximum atomic E-state index is 5.90. The predicted molar refractivity (Wildman–Crippen MR) is 68.1 cm³/mol. The van der Waals surface area contributed by atoms with Crippen molar-refractivity contribution in [2.75, 3.05) is 17.2 Å². The topological polar surface area (TPSA) is 61.3 Å². The molecule has 0 spiro atoms. The van der Waals surface area contributed by atoms with Crippen LogP contribution in [0.3, 0.4) is 0 Å². The van der Waals surface area contributed by atoms with E-state index >= 15 is 0 Å². The fraction of sp³-hybridized carbons (Fsp3) is 0.250. The molecule has 1 fully saturated rings. The smallest absolute Gasteiger partial charge is 0.172 e. The fourth-order valence-corrected chi connectivity index (χ4v) is 2.21. The molecule has 2 aromatic rings. The molecule has 4 nitrogen and oxygen atoms in total. The third-order valence-electron chi connectivity index (χ3n) is 2.58. The van der Waals surface area contributed by atoms with Crippen LogP contribution in [0.5, 0.6) is 5.75 Å². The summed E-state index contributed by atoms with van der Waals surface area (Å²) in [6, 6.07) is 9.48. The number of benzene rings is 1. The molecule has 0 bridgehead atoms. The Kier molecular flexibility index (Phi) is 2.68. The molecule has 2 N–H and O–H groups in total. The summed E-state index contributed by atoms with van der Waals surface area (Å²) < 4.78 is 11.1. The molecule has 0 atom stereocenters. The summed E-state index contributed by atoms with van der Waals surface area (Å²) in [6.07, 6.45) is 0.307. The quantitative estimate of drug-likeness (QED) is 0.903. The van der Waals surface area contributed by atoms with Gasteiger partial charge < -0.3 is 15.0 Å². The number of aromatic nitrogens is 1. The van der Waals surface area contributed by atoms with Gasteiger partial charge in [0.2, 0.25) is 0 Å². The van der Waals surface area contributed by atoms with Gasteiger partial charge in [0.05, 0.1) is 5.56 Å². The molecule has 1 aliphatic heterocycles. The summed E-state index contributed by atoms with van der Waals surface area (Å²) in [6.45, 7) is 0. The SMILES string of the molecule is Nc1cc(-c2ccccc2OC2CSC2)on1. The molecular weight excluding hydrogens is 236 g/mol. The van der Waals surface area contributed by atoms with E-state index in [1.54, 1.807) is 6.07 Å². The molecule has 1 aromatic heterocycles. The van der Waals surface area contributed by atoms with E-state index in [0.717, 1.165) is 22.8 Å². The molecule has 0 aliphatic carbocycles. The van der Waals surface area contributed by atoms with Crippen molar-refractivity contribution in [3.05, 3.63) is 30.3 Å². The van der Waals surface area contributed by atoms with Crippen molar-refractivity contribution in [2.45, 2.75) is 6.10 Å². The summed E-state index contributed by atoms with van der Waals surface area (Å²) in [5.41, 5.74) is 6.45. The monoisotopic (exact) mass is 248 g/mol. The van der Waals surface area contributed by atoms with Crippen molar-refractivity contribution in [3.8, 4) is 17.1 Å². The zero-order valence-electron chi connectivity index (χ0n) is 9.13. The van der Waals surface area contributed by atoms with Gasteiger partial charge in [0, 0.05) is 17.6 Å². The van der Waals surface area contributed by atoms with Gasteiger partial charge in [0.25, 0.3) is 0 Å². The van der Waals surface area contributed by atoms with Gasteiger partial charge in [-0.05, 0) is 12.1 Å². The van der Waals surface area contributed by atoms with Gasteiger partial charge in [0.1, 0.15) is 11.9 Å². The van der Waals surface area contributed by atoms with Crippen LogP contribution in [0.1, 0.15) is 0 Å². The van der Waals surface area contributed by atoms with Crippen molar-refractivity contribution in [3.63, 3.8) is 0 Å². The molecule has 2 heterocycles. The fourth-order valence-electron chi connectivity index (χ4n) is 1.65. The Labute approximate surface area is 103 Å². The highest BCUT2D eigenvalue weighted by atomic mass is 32.2. The summed E-state index contributed by atoms with van der Waals surface area (Å²) in [5, 5.41) is 3.69. The van der Waals surface area contributed by atoms with E-state index in [-0.39, 0.29) is 0 Å². The van der Waals surface area contributed by atoms with Crippen molar-refractivity contribution in [1.29, 1.82) is 0 Å². The lowest BCUT2D eigenvalue weighted by atomic mass is 10.1. The first-order valence-corrected chi connectivity index (χ1v) is 6.54. The van der Waals surface area contributed by atoms with Gasteiger partial charge in [0.15, 0.2) is 11.6 Å². The Balaban J connectivity index is 1.92. The van der Waals surface area contributed by atoms with E-state index in [2.05, 4.69) is 5.16 Å². The number of nitrogens with zero attached hydrogens (tertiary/aromatic N) is 1. The first-order chi connectivity index (χ1) is 8.33. The number of ether oxygens (including phenoxy) is 1. The lowest BCUT2D eigenvalue weighted by molar-refractivity contribution is 0.240. The van der Waals surface area contributed by atoms with Crippen LogP contribution < -0.4 is 10.5 Å². The van der Waals surface area contributed by atoms with Crippen molar-refractivity contribution in [1.82, 2.24) is 5.16 Å². The molecular formula is C12H12N2O2S. The van der Waals surface area contributed by atoms with Crippen LogP contribution in [-0.4, -0.2) is 22.8 Å². The Morgan fingerprint density at radius 3 is 2.82 bits per heavy atom. The normalized spacial score (nSPS) is 15.5. The average molecular weight is 248 g/mol. The molecule has 1 aromatic carbocycles. The molecule has 1 saturated heterocycles. The number of anilines is 1. The van der Waals surface area contributed by atoms with E-state index in [1.807, 2.05) is 36.0 Å². The lowest BCUT2D eigenvalue weighted by Gasteiger charge is -2.26. The molecule has 1 aliphatic rings. The van der Waals surface area contributed by atoms with Gasteiger partial charge in [-0.25, -0.2) is 0 Å². The number of rotatable bonds is 3. The number of hydrogen-bond acceptors (Lipinski definition) is 5. The standard InChI is InChI=1S/C12H12N2O2S/c13-12-5-11(16-14-12)9-3-1-2-4-10(9)15-8-6-17-7-8/h1-5,8H,6-7H2,(H2,13,14). The van der Waals surface area contributed by atoms with Crippen molar-refractivity contribution >= 4 is 17.6 Å². The van der Waals surface area contributed by atoms with Gasteiger partial charge in [-0.1, -0.05) is 17.3 Å². The number of nitrogen functional groups attached to an aromatic ring is 1. The van der Waals surface area contributed by atoms with Gasteiger partial charge in [-0.3, -0.25) is 0 Å². The summed E-state index contributed by atoms with van der Waals surface area (Å²) >= 11 is 1.89. The Bertz CT molecular complexity index is 523. The summed E-state index contributed by atoms with van der Waals surface area (Å²) in [4.78, 5) is 0. The van der Waals surface area contributed by atoms with Crippen LogP contribution >= 0.6 is 11.8 Å². The molecule has 17 heavy (non-hydrogen) atoms. The van der Waals surface area contributed by atoms with E-state index < -0.39 is 0 Å². The second-order valence-corrected chi connectivity index (χ2v) is 4.96. The van der Waals surface area contributed by atoms with Crippen LogP contribution in [0.15, 0.2) is 34.9 Å². The Morgan fingerprint density at radius 2 is 2.18 bits per heavy atom. The highest BCUT2D eigenvalue weighted by Crippen LogP contribution is 2.33. The maximum Gasteiger partial charge on any atom is 0.172 e. The second-order valence-electron chi connectivity index (χ2n) is 3.89. The highest BCUT2D eigenvalue weighted by molar-refractivity contribution is 8.00.